The van der Waals surface area contributed by atoms with Crippen molar-refractivity contribution in [2.24, 2.45) is 0 Å². The van der Waals surface area contributed by atoms with Crippen LogP contribution in [0.3, 0.4) is 0 Å². The van der Waals surface area contributed by atoms with Crippen LogP contribution in [-0.4, -0.2) is 4.92 Å². The standard InChI is InChI=1S/C12H7NO2S2/c14-13(15)9-3-1-8(2-4-9)10-7-17-11-5-6-16-12(10)11/h1-7H. The van der Waals surface area contributed by atoms with Crippen molar-refractivity contribution >= 4 is 37.8 Å². The molecule has 0 unspecified atom stereocenters. The van der Waals surface area contributed by atoms with E-state index in [9.17, 15) is 10.1 Å². The smallest absolute Gasteiger partial charge is 0.258 e. The Morgan fingerprint density at radius 3 is 2.53 bits per heavy atom. The summed E-state index contributed by atoms with van der Waals surface area (Å²) in [5, 5.41) is 14.7. The Morgan fingerprint density at radius 1 is 1.06 bits per heavy atom. The van der Waals surface area contributed by atoms with E-state index in [1.807, 2.05) is 0 Å². The Labute approximate surface area is 105 Å². The van der Waals surface area contributed by atoms with Crippen LogP contribution in [-0.2, 0) is 0 Å². The van der Waals surface area contributed by atoms with Gasteiger partial charge in [-0.15, -0.1) is 22.7 Å². The van der Waals surface area contributed by atoms with Crippen molar-refractivity contribution in [3.63, 3.8) is 0 Å². The van der Waals surface area contributed by atoms with Gasteiger partial charge >= 0.3 is 0 Å². The van der Waals surface area contributed by atoms with Gasteiger partial charge in [-0.1, -0.05) is 0 Å². The molecule has 0 fully saturated rings. The monoisotopic (exact) mass is 261 g/mol. The Morgan fingerprint density at radius 2 is 1.82 bits per heavy atom. The lowest BCUT2D eigenvalue weighted by molar-refractivity contribution is -0.384. The van der Waals surface area contributed by atoms with Crippen molar-refractivity contribution in [1.82, 2.24) is 0 Å². The number of benzene rings is 1. The molecule has 0 aliphatic carbocycles. The molecule has 0 amide bonds. The molecule has 0 radical (unpaired) electrons. The van der Waals surface area contributed by atoms with Gasteiger partial charge in [0.15, 0.2) is 0 Å². The zero-order valence-corrected chi connectivity index (χ0v) is 10.3. The van der Waals surface area contributed by atoms with E-state index in [4.69, 9.17) is 0 Å². The largest absolute Gasteiger partial charge is 0.269 e. The number of hydrogen-bond acceptors (Lipinski definition) is 4. The molecule has 0 aliphatic rings. The van der Waals surface area contributed by atoms with Crippen LogP contribution in [0.25, 0.3) is 20.5 Å². The van der Waals surface area contributed by atoms with Crippen LogP contribution in [0.5, 0.6) is 0 Å². The van der Waals surface area contributed by atoms with Crippen molar-refractivity contribution in [3.05, 3.63) is 51.2 Å². The SMILES string of the molecule is O=[N+]([O-])c1ccc(-c2csc3ccsc23)cc1. The number of thiophene rings is 2. The molecule has 17 heavy (non-hydrogen) atoms. The molecular weight excluding hydrogens is 254 g/mol. The zero-order valence-electron chi connectivity index (χ0n) is 8.62. The summed E-state index contributed by atoms with van der Waals surface area (Å²) in [6, 6.07) is 8.80. The topological polar surface area (TPSA) is 43.1 Å². The predicted molar refractivity (Wildman–Crippen MR) is 71.8 cm³/mol. The first kappa shape index (κ1) is 10.4. The Kier molecular flexibility index (Phi) is 2.42. The first-order valence-electron chi connectivity index (χ1n) is 4.95. The molecule has 5 heteroatoms. The highest BCUT2D eigenvalue weighted by Crippen LogP contribution is 2.37. The van der Waals surface area contributed by atoms with Crippen molar-refractivity contribution in [1.29, 1.82) is 0 Å². The molecule has 0 bridgehead atoms. The van der Waals surface area contributed by atoms with Gasteiger partial charge in [0, 0.05) is 27.8 Å². The number of hydrogen-bond donors (Lipinski definition) is 0. The lowest BCUT2D eigenvalue weighted by Gasteiger charge is -1.97. The molecule has 2 heterocycles. The van der Waals surface area contributed by atoms with Crippen LogP contribution < -0.4 is 0 Å². The summed E-state index contributed by atoms with van der Waals surface area (Å²) in [6.45, 7) is 0. The van der Waals surface area contributed by atoms with Crippen molar-refractivity contribution in [3.8, 4) is 11.1 Å². The van der Waals surface area contributed by atoms with Crippen molar-refractivity contribution in [2.45, 2.75) is 0 Å². The highest BCUT2D eigenvalue weighted by molar-refractivity contribution is 7.26. The minimum atomic E-state index is -0.377. The third-order valence-corrected chi connectivity index (χ3v) is 4.59. The van der Waals surface area contributed by atoms with Gasteiger partial charge in [-0.25, -0.2) is 0 Å². The summed E-state index contributed by atoms with van der Waals surface area (Å²) in [4.78, 5) is 10.2. The fourth-order valence-electron chi connectivity index (χ4n) is 1.72. The molecule has 0 saturated heterocycles. The Balaban J connectivity index is 2.10. The lowest BCUT2D eigenvalue weighted by atomic mass is 10.1. The molecular formula is C12H7NO2S2. The second kappa shape index (κ2) is 3.94. The summed E-state index contributed by atoms with van der Waals surface area (Å²) < 4.78 is 2.52. The fraction of sp³-hybridized carbons (Fsp3) is 0. The van der Waals surface area contributed by atoms with E-state index in [1.165, 1.54) is 9.40 Å². The van der Waals surface area contributed by atoms with Crippen LogP contribution in [0.15, 0.2) is 41.1 Å². The quantitative estimate of drug-likeness (QED) is 0.502. The molecule has 2 aromatic heterocycles. The van der Waals surface area contributed by atoms with Gasteiger partial charge in [-0.3, -0.25) is 10.1 Å². The van der Waals surface area contributed by atoms with Crippen LogP contribution in [0.1, 0.15) is 0 Å². The summed E-state index contributed by atoms with van der Waals surface area (Å²) >= 11 is 3.40. The molecule has 3 aromatic rings. The molecule has 3 rings (SSSR count). The van der Waals surface area contributed by atoms with Crippen LogP contribution in [0, 0.1) is 10.1 Å². The lowest BCUT2D eigenvalue weighted by Crippen LogP contribution is -1.86. The molecule has 0 N–H and O–H groups in total. The maximum absolute atomic E-state index is 10.6. The third kappa shape index (κ3) is 1.73. The maximum atomic E-state index is 10.6. The number of nitro benzene ring substituents is 1. The average Bonchev–Trinajstić information content (AvgIpc) is 2.90. The predicted octanol–water partition coefficient (Wildman–Crippen LogP) is 4.54. The van der Waals surface area contributed by atoms with E-state index in [2.05, 4.69) is 16.8 Å². The van der Waals surface area contributed by atoms with Gasteiger partial charge in [-0.05, 0) is 29.1 Å². The van der Waals surface area contributed by atoms with Gasteiger partial charge < -0.3 is 0 Å². The number of nitrogens with zero attached hydrogens (tertiary/aromatic N) is 1. The molecule has 84 valence electrons. The summed E-state index contributed by atoms with van der Waals surface area (Å²) in [7, 11) is 0. The van der Waals surface area contributed by atoms with Gasteiger partial charge in [0.2, 0.25) is 0 Å². The average molecular weight is 261 g/mol. The fourth-order valence-corrected chi connectivity index (χ4v) is 3.86. The molecule has 1 aromatic carbocycles. The zero-order chi connectivity index (χ0) is 11.8. The highest BCUT2D eigenvalue weighted by atomic mass is 32.1. The minimum absolute atomic E-state index is 0.131. The van der Waals surface area contributed by atoms with Gasteiger partial charge in [0.1, 0.15) is 0 Å². The van der Waals surface area contributed by atoms with Gasteiger partial charge in [-0.2, -0.15) is 0 Å². The van der Waals surface area contributed by atoms with E-state index in [1.54, 1.807) is 46.9 Å². The summed E-state index contributed by atoms with van der Waals surface area (Å²) in [6.07, 6.45) is 0. The number of non-ortho nitro benzene ring substituents is 1. The Hall–Kier alpha value is -1.72. The first-order chi connectivity index (χ1) is 8.25. The molecule has 0 aliphatic heterocycles. The molecule has 0 saturated carbocycles. The van der Waals surface area contributed by atoms with Crippen molar-refractivity contribution in [2.75, 3.05) is 0 Å². The van der Waals surface area contributed by atoms with E-state index in [-0.39, 0.29) is 10.6 Å². The normalized spacial score (nSPS) is 10.8. The molecule has 3 nitrogen and oxygen atoms in total. The van der Waals surface area contributed by atoms with E-state index < -0.39 is 0 Å². The summed E-state index contributed by atoms with van der Waals surface area (Å²) in [5.41, 5.74) is 2.32. The number of fused-ring (bicyclic) bond motifs is 1. The van der Waals surface area contributed by atoms with E-state index in [0.717, 1.165) is 11.1 Å². The number of rotatable bonds is 2. The Bertz CT molecular complexity index is 682. The van der Waals surface area contributed by atoms with Gasteiger partial charge in [0.05, 0.1) is 9.62 Å². The first-order valence-corrected chi connectivity index (χ1v) is 6.71. The maximum Gasteiger partial charge on any atom is 0.269 e. The van der Waals surface area contributed by atoms with E-state index in [0.29, 0.717) is 0 Å². The molecule has 0 spiro atoms. The van der Waals surface area contributed by atoms with E-state index >= 15 is 0 Å². The summed E-state index contributed by atoms with van der Waals surface area (Å²) in [5.74, 6) is 0. The highest BCUT2D eigenvalue weighted by Gasteiger charge is 2.09. The molecule has 0 atom stereocenters. The third-order valence-electron chi connectivity index (χ3n) is 2.57. The van der Waals surface area contributed by atoms with Crippen LogP contribution in [0.2, 0.25) is 0 Å². The van der Waals surface area contributed by atoms with Crippen molar-refractivity contribution < 1.29 is 4.92 Å². The van der Waals surface area contributed by atoms with Crippen LogP contribution in [0.4, 0.5) is 5.69 Å². The van der Waals surface area contributed by atoms with Gasteiger partial charge in [0.25, 0.3) is 5.69 Å². The number of nitro groups is 1. The second-order valence-corrected chi connectivity index (χ2v) is 5.39. The minimum Gasteiger partial charge on any atom is -0.258 e. The second-order valence-electron chi connectivity index (χ2n) is 3.57. The van der Waals surface area contributed by atoms with Crippen LogP contribution >= 0.6 is 22.7 Å².